The molecule has 0 fully saturated rings. The van der Waals surface area contributed by atoms with Gasteiger partial charge in [0.2, 0.25) is 0 Å². The Kier molecular flexibility index (Phi) is 6.85. The van der Waals surface area contributed by atoms with E-state index in [1.165, 1.54) is 12.1 Å². The number of rotatable bonds is 4. The van der Waals surface area contributed by atoms with Gasteiger partial charge in [0.25, 0.3) is 0 Å². The molecule has 33 heavy (non-hydrogen) atoms. The highest BCUT2D eigenvalue weighted by molar-refractivity contribution is 6.35. The quantitative estimate of drug-likeness (QED) is 0.466. The lowest BCUT2D eigenvalue weighted by atomic mass is 9.70. The molecule has 1 N–H and O–H groups in total. The average Bonchev–Trinajstić information content (AvgIpc) is 2.74. The van der Waals surface area contributed by atoms with Gasteiger partial charge in [0, 0.05) is 43.5 Å². The molecular formula is C25H21Cl3FNO3. The molecule has 8 heteroatoms. The maximum Gasteiger partial charge on any atom is 0.336 e. The van der Waals surface area contributed by atoms with Gasteiger partial charge in [0.05, 0.1) is 18.1 Å². The molecule has 0 amide bonds. The minimum atomic E-state index is -0.786. The number of carbonyl (C=O) groups excluding carboxylic acids is 2. The van der Waals surface area contributed by atoms with Crippen LogP contribution in [0.2, 0.25) is 15.1 Å². The molecule has 0 saturated carbocycles. The normalized spacial score (nSPS) is 20.5. The van der Waals surface area contributed by atoms with Crippen molar-refractivity contribution in [2.24, 2.45) is 0 Å². The molecule has 2 aromatic rings. The maximum atomic E-state index is 14.7. The molecule has 1 aliphatic heterocycles. The number of carbonyl (C=O) groups is 2. The highest BCUT2D eigenvalue weighted by atomic mass is 35.5. The van der Waals surface area contributed by atoms with Crippen LogP contribution in [0.4, 0.5) is 4.39 Å². The molecular weight excluding hydrogens is 488 g/mol. The Balaban J connectivity index is 1.90. The van der Waals surface area contributed by atoms with Crippen molar-refractivity contribution >= 4 is 46.6 Å². The van der Waals surface area contributed by atoms with Crippen LogP contribution < -0.4 is 5.32 Å². The summed E-state index contributed by atoms with van der Waals surface area (Å²) in [5.74, 6) is -2.96. The largest absolute Gasteiger partial charge is 0.463 e. The van der Waals surface area contributed by atoms with Crippen LogP contribution >= 0.6 is 34.8 Å². The summed E-state index contributed by atoms with van der Waals surface area (Å²) in [6.07, 6.45) is 0.861. The van der Waals surface area contributed by atoms with Gasteiger partial charge in [-0.25, -0.2) is 9.18 Å². The molecule has 0 aromatic heterocycles. The van der Waals surface area contributed by atoms with Crippen molar-refractivity contribution < 1.29 is 18.7 Å². The van der Waals surface area contributed by atoms with E-state index in [0.717, 1.165) is 0 Å². The van der Waals surface area contributed by atoms with Gasteiger partial charge in [-0.15, -0.1) is 0 Å². The highest BCUT2D eigenvalue weighted by Crippen LogP contribution is 2.48. The number of ether oxygens (including phenoxy) is 1. The fraction of sp³-hybridized carbons (Fsp3) is 0.280. The first-order valence-corrected chi connectivity index (χ1v) is 11.7. The van der Waals surface area contributed by atoms with Crippen LogP contribution in [0, 0.1) is 5.82 Å². The predicted molar refractivity (Wildman–Crippen MR) is 127 cm³/mol. The van der Waals surface area contributed by atoms with Crippen LogP contribution in [-0.4, -0.2) is 18.4 Å². The molecule has 2 unspecified atom stereocenters. The number of halogens is 4. The minimum absolute atomic E-state index is 0.167. The molecule has 0 bridgehead atoms. The van der Waals surface area contributed by atoms with Crippen molar-refractivity contribution in [1.29, 1.82) is 0 Å². The summed E-state index contributed by atoms with van der Waals surface area (Å²) in [7, 11) is 0. The van der Waals surface area contributed by atoms with E-state index < -0.39 is 23.6 Å². The third-order valence-corrected chi connectivity index (χ3v) is 6.92. The molecule has 172 valence electrons. The fourth-order valence-electron chi connectivity index (χ4n) is 4.64. The first kappa shape index (κ1) is 23.8. The van der Waals surface area contributed by atoms with E-state index in [4.69, 9.17) is 39.5 Å². The number of dihydropyridines is 1. The topological polar surface area (TPSA) is 55.4 Å². The summed E-state index contributed by atoms with van der Waals surface area (Å²) in [4.78, 5) is 26.9. The molecule has 1 heterocycles. The average molecular weight is 509 g/mol. The molecule has 0 saturated heterocycles. The summed E-state index contributed by atoms with van der Waals surface area (Å²) < 4.78 is 20.1. The first-order valence-electron chi connectivity index (χ1n) is 10.6. The summed E-state index contributed by atoms with van der Waals surface area (Å²) in [5, 5.41) is 4.15. The van der Waals surface area contributed by atoms with Crippen LogP contribution in [-0.2, 0) is 14.3 Å². The summed E-state index contributed by atoms with van der Waals surface area (Å²) in [5.41, 5.74) is 2.63. The van der Waals surface area contributed by atoms with Crippen molar-refractivity contribution in [2.75, 3.05) is 6.61 Å². The molecule has 2 aromatic carbocycles. The summed E-state index contributed by atoms with van der Waals surface area (Å²) in [6, 6.07) is 9.28. The Hall–Kier alpha value is -2.34. The number of hydrogen-bond donors (Lipinski definition) is 1. The molecule has 2 atom stereocenters. The molecule has 2 aliphatic rings. The van der Waals surface area contributed by atoms with Gasteiger partial charge in [-0.1, -0.05) is 46.9 Å². The van der Waals surface area contributed by atoms with Crippen LogP contribution in [0.15, 0.2) is 58.9 Å². The SMILES string of the molecule is CCOC(=O)C1=C(C)NC2=C(C(=O)C(c3c(F)cccc3Cl)CC2)C1c1ccc(Cl)cc1Cl. The van der Waals surface area contributed by atoms with E-state index in [2.05, 4.69) is 5.32 Å². The first-order chi connectivity index (χ1) is 15.7. The Morgan fingerprint density at radius 3 is 2.61 bits per heavy atom. The monoisotopic (exact) mass is 507 g/mol. The number of benzene rings is 2. The second kappa shape index (κ2) is 9.49. The van der Waals surface area contributed by atoms with E-state index in [1.807, 2.05) is 0 Å². The molecule has 4 nitrogen and oxygen atoms in total. The number of allylic oxidation sites excluding steroid dienone is 3. The van der Waals surface area contributed by atoms with Gasteiger partial charge >= 0.3 is 5.97 Å². The number of ketones is 1. The smallest absolute Gasteiger partial charge is 0.336 e. The second-order valence-corrected chi connectivity index (χ2v) is 9.22. The third-order valence-electron chi connectivity index (χ3n) is 6.03. The zero-order valence-corrected chi connectivity index (χ0v) is 20.2. The maximum absolute atomic E-state index is 14.7. The van der Waals surface area contributed by atoms with Crippen molar-refractivity contribution in [1.82, 2.24) is 5.32 Å². The molecule has 0 spiro atoms. The van der Waals surface area contributed by atoms with Gasteiger partial charge in [0.1, 0.15) is 5.82 Å². The summed E-state index contributed by atoms with van der Waals surface area (Å²) in [6.45, 7) is 3.64. The standard InChI is InChI=1S/C25H21Cl3FNO3/c1-3-33-25(32)20-12(2)30-19-10-9-15(21-16(27)5-4-6-18(21)29)24(31)23(19)22(20)14-8-7-13(26)11-17(14)28/h4-8,11,15,22,30H,3,9-10H2,1-2H3. The van der Waals surface area contributed by atoms with E-state index in [1.54, 1.807) is 38.1 Å². The zero-order chi connectivity index (χ0) is 23.9. The lowest BCUT2D eigenvalue weighted by molar-refractivity contribution is -0.138. The molecule has 0 radical (unpaired) electrons. The highest BCUT2D eigenvalue weighted by Gasteiger charge is 2.44. The van der Waals surface area contributed by atoms with Gasteiger partial charge in [0.15, 0.2) is 5.78 Å². The van der Waals surface area contributed by atoms with Gasteiger partial charge in [-0.05, 0) is 56.5 Å². The lowest BCUT2D eigenvalue weighted by Crippen LogP contribution is -2.37. The zero-order valence-electron chi connectivity index (χ0n) is 18.0. The number of esters is 1. The van der Waals surface area contributed by atoms with Crippen LogP contribution in [0.3, 0.4) is 0 Å². The van der Waals surface area contributed by atoms with E-state index in [0.29, 0.717) is 45.4 Å². The van der Waals surface area contributed by atoms with Crippen LogP contribution in [0.5, 0.6) is 0 Å². The fourth-order valence-corrected chi connectivity index (χ4v) is 5.45. The van der Waals surface area contributed by atoms with Crippen molar-refractivity contribution in [3.05, 3.63) is 91.0 Å². The van der Waals surface area contributed by atoms with E-state index in [-0.39, 0.29) is 28.5 Å². The predicted octanol–water partition coefficient (Wildman–Crippen LogP) is 6.71. The number of nitrogens with one attached hydrogen (secondary N) is 1. The Morgan fingerprint density at radius 2 is 1.94 bits per heavy atom. The molecule has 1 aliphatic carbocycles. The van der Waals surface area contributed by atoms with E-state index in [9.17, 15) is 14.0 Å². The Bertz CT molecular complexity index is 1200. The van der Waals surface area contributed by atoms with Crippen molar-refractivity contribution in [2.45, 2.75) is 38.5 Å². The number of hydrogen-bond acceptors (Lipinski definition) is 4. The van der Waals surface area contributed by atoms with Crippen LogP contribution in [0.25, 0.3) is 0 Å². The van der Waals surface area contributed by atoms with Gasteiger partial charge < -0.3 is 10.1 Å². The second-order valence-electron chi connectivity index (χ2n) is 7.97. The number of Topliss-reactive ketones (excluding diaryl/α,β-unsaturated/α-hetero) is 1. The minimum Gasteiger partial charge on any atom is -0.463 e. The van der Waals surface area contributed by atoms with Crippen molar-refractivity contribution in [3.8, 4) is 0 Å². The Labute approximate surface area is 206 Å². The molecule has 4 rings (SSSR count). The van der Waals surface area contributed by atoms with Crippen LogP contribution in [0.1, 0.15) is 49.7 Å². The van der Waals surface area contributed by atoms with E-state index >= 15 is 0 Å². The van der Waals surface area contributed by atoms with Gasteiger partial charge in [-0.2, -0.15) is 0 Å². The Morgan fingerprint density at radius 1 is 1.18 bits per heavy atom. The third kappa shape index (κ3) is 4.30. The summed E-state index contributed by atoms with van der Waals surface area (Å²) >= 11 is 18.9. The lowest BCUT2D eigenvalue weighted by Gasteiger charge is -2.37. The van der Waals surface area contributed by atoms with Crippen molar-refractivity contribution in [3.63, 3.8) is 0 Å². The van der Waals surface area contributed by atoms with Gasteiger partial charge in [-0.3, -0.25) is 4.79 Å².